The largest absolute Gasteiger partial charge is 0.481 e. The van der Waals surface area contributed by atoms with Gasteiger partial charge in [-0.3, -0.25) is 14.9 Å². The number of aliphatic carboxylic acids is 1. The van der Waals surface area contributed by atoms with E-state index in [2.05, 4.69) is 5.32 Å². The number of rotatable bonds is 7. The van der Waals surface area contributed by atoms with E-state index < -0.39 is 28.3 Å². The van der Waals surface area contributed by atoms with E-state index in [1.54, 1.807) is 0 Å². The number of carboxylic acid groups (broad SMARTS) is 1. The van der Waals surface area contributed by atoms with Gasteiger partial charge in [0.05, 0.1) is 16.9 Å². The molecule has 1 rings (SSSR count). The molecule has 0 radical (unpaired) electrons. The molecule has 116 valence electrons. The molecular formula is C14H19FN2O4. The molecule has 0 aliphatic carbocycles. The van der Waals surface area contributed by atoms with Crippen LogP contribution < -0.4 is 5.32 Å². The molecule has 1 unspecified atom stereocenters. The summed E-state index contributed by atoms with van der Waals surface area (Å²) >= 11 is 0. The number of carbonyl (C=O) groups is 1. The zero-order chi connectivity index (χ0) is 16.2. The van der Waals surface area contributed by atoms with Gasteiger partial charge in [0.25, 0.3) is 5.69 Å². The summed E-state index contributed by atoms with van der Waals surface area (Å²) in [6.07, 6.45) is 0.455. The lowest BCUT2D eigenvalue weighted by molar-refractivity contribution is -0.384. The molecule has 6 nitrogen and oxygen atoms in total. The van der Waals surface area contributed by atoms with Crippen LogP contribution in [-0.2, 0) is 4.79 Å². The number of nitro benzene ring substituents is 1. The maximum Gasteiger partial charge on any atom is 0.308 e. The van der Waals surface area contributed by atoms with Crippen molar-refractivity contribution >= 4 is 17.3 Å². The van der Waals surface area contributed by atoms with Gasteiger partial charge in [0.15, 0.2) is 0 Å². The fraction of sp³-hybridized carbons (Fsp3) is 0.500. The fourth-order valence-corrected chi connectivity index (χ4v) is 2.04. The minimum absolute atomic E-state index is 0.0550. The molecule has 1 atom stereocenters. The van der Waals surface area contributed by atoms with Crippen molar-refractivity contribution in [2.24, 2.45) is 11.8 Å². The molecule has 0 aromatic heterocycles. The predicted molar refractivity (Wildman–Crippen MR) is 76.9 cm³/mol. The van der Waals surface area contributed by atoms with Crippen molar-refractivity contribution in [2.45, 2.75) is 27.2 Å². The summed E-state index contributed by atoms with van der Waals surface area (Å²) < 4.78 is 13.4. The number of hydrogen-bond donors (Lipinski definition) is 2. The molecule has 0 amide bonds. The number of carboxylic acids is 1. The Kier molecular flexibility index (Phi) is 5.63. The maximum absolute atomic E-state index is 13.4. The maximum atomic E-state index is 13.4. The number of benzene rings is 1. The third-order valence-electron chi connectivity index (χ3n) is 3.12. The van der Waals surface area contributed by atoms with Crippen molar-refractivity contribution in [3.05, 3.63) is 33.6 Å². The Balaban J connectivity index is 2.93. The summed E-state index contributed by atoms with van der Waals surface area (Å²) in [6.45, 7) is 5.35. The van der Waals surface area contributed by atoms with E-state index in [1.807, 2.05) is 13.8 Å². The summed E-state index contributed by atoms with van der Waals surface area (Å²) in [6, 6.07) is 2.16. The highest BCUT2D eigenvalue weighted by atomic mass is 19.1. The molecule has 0 heterocycles. The monoisotopic (exact) mass is 298 g/mol. The minimum atomic E-state index is -0.960. The van der Waals surface area contributed by atoms with Gasteiger partial charge < -0.3 is 10.4 Å². The van der Waals surface area contributed by atoms with Gasteiger partial charge in [0, 0.05) is 6.54 Å². The summed E-state index contributed by atoms with van der Waals surface area (Å²) in [5.41, 5.74) is -0.000439. The molecule has 1 aromatic rings. The number of nitro groups is 1. The number of nitrogens with one attached hydrogen (secondary N) is 1. The summed E-state index contributed by atoms with van der Waals surface area (Å²) in [4.78, 5) is 21.4. The molecule has 0 fully saturated rings. The van der Waals surface area contributed by atoms with Crippen LogP contribution in [0.3, 0.4) is 0 Å². The van der Waals surface area contributed by atoms with Crippen LogP contribution in [-0.4, -0.2) is 22.5 Å². The van der Waals surface area contributed by atoms with E-state index >= 15 is 0 Å². The molecule has 0 aliphatic rings. The summed E-state index contributed by atoms with van der Waals surface area (Å²) in [5, 5.41) is 22.8. The minimum Gasteiger partial charge on any atom is -0.481 e. The zero-order valence-corrected chi connectivity index (χ0v) is 12.2. The van der Waals surface area contributed by atoms with Gasteiger partial charge in [-0.1, -0.05) is 13.8 Å². The van der Waals surface area contributed by atoms with Crippen molar-refractivity contribution in [1.82, 2.24) is 0 Å². The average molecular weight is 298 g/mol. The van der Waals surface area contributed by atoms with Crippen LogP contribution in [0.5, 0.6) is 0 Å². The molecule has 7 heteroatoms. The van der Waals surface area contributed by atoms with E-state index in [0.29, 0.717) is 6.42 Å². The second kappa shape index (κ2) is 7.01. The number of hydrogen-bond acceptors (Lipinski definition) is 4. The van der Waals surface area contributed by atoms with Crippen LogP contribution in [0.15, 0.2) is 12.1 Å². The van der Waals surface area contributed by atoms with E-state index in [-0.39, 0.29) is 23.7 Å². The fourth-order valence-electron chi connectivity index (χ4n) is 2.04. The molecule has 0 saturated heterocycles. The predicted octanol–water partition coefficient (Wildman–Crippen LogP) is 3.20. The Morgan fingerprint density at radius 1 is 1.48 bits per heavy atom. The van der Waals surface area contributed by atoms with E-state index in [1.165, 1.54) is 13.0 Å². The number of aryl methyl sites for hydroxylation is 1. The lowest BCUT2D eigenvalue weighted by atomic mass is 9.97. The molecule has 1 aromatic carbocycles. The molecule has 0 saturated carbocycles. The van der Waals surface area contributed by atoms with Crippen LogP contribution in [0.2, 0.25) is 0 Å². The smallest absolute Gasteiger partial charge is 0.308 e. The zero-order valence-electron chi connectivity index (χ0n) is 12.2. The van der Waals surface area contributed by atoms with Crippen LogP contribution in [0, 0.1) is 34.7 Å². The summed E-state index contributed by atoms with van der Waals surface area (Å²) in [5.74, 6) is -2.09. The molecule has 0 bridgehead atoms. The van der Waals surface area contributed by atoms with Gasteiger partial charge in [-0.25, -0.2) is 4.39 Å². The second-order valence-corrected chi connectivity index (χ2v) is 5.42. The molecule has 21 heavy (non-hydrogen) atoms. The summed E-state index contributed by atoms with van der Waals surface area (Å²) in [7, 11) is 0. The SMILES string of the molecule is Cc1cc(NCC(CC(C)C)C(=O)O)c([N+](=O)[O-])cc1F. The highest BCUT2D eigenvalue weighted by Crippen LogP contribution is 2.28. The first kappa shape index (κ1) is 16.9. The van der Waals surface area contributed by atoms with Crippen molar-refractivity contribution < 1.29 is 19.2 Å². The van der Waals surface area contributed by atoms with Gasteiger partial charge in [-0.05, 0) is 30.9 Å². The first-order chi connectivity index (χ1) is 9.72. The van der Waals surface area contributed by atoms with Gasteiger partial charge >= 0.3 is 5.97 Å². The van der Waals surface area contributed by atoms with Crippen LogP contribution >= 0.6 is 0 Å². The Morgan fingerprint density at radius 3 is 2.57 bits per heavy atom. The van der Waals surface area contributed by atoms with E-state index in [0.717, 1.165) is 6.07 Å². The Hall–Kier alpha value is -2.18. The normalized spacial score (nSPS) is 12.2. The van der Waals surface area contributed by atoms with Crippen LogP contribution in [0.4, 0.5) is 15.8 Å². The third kappa shape index (κ3) is 4.70. The van der Waals surface area contributed by atoms with E-state index in [9.17, 15) is 19.3 Å². The molecular weight excluding hydrogens is 279 g/mol. The number of nitrogens with zero attached hydrogens (tertiary/aromatic N) is 1. The topological polar surface area (TPSA) is 92.5 Å². The van der Waals surface area contributed by atoms with Gasteiger partial charge in [0.2, 0.25) is 0 Å². The first-order valence-corrected chi connectivity index (χ1v) is 6.63. The second-order valence-electron chi connectivity index (χ2n) is 5.42. The van der Waals surface area contributed by atoms with Gasteiger partial charge in [-0.15, -0.1) is 0 Å². The van der Waals surface area contributed by atoms with Crippen LogP contribution in [0.1, 0.15) is 25.8 Å². The quantitative estimate of drug-likeness (QED) is 0.595. The Labute approximate surface area is 122 Å². The van der Waals surface area contributed by atoms with Crippen molar-refractivity contribution in [3.8, 4) is 0 Å². The van der Waals surface area contributed by atoms with Gasteiger partial charge in [-0.2, -0.15) is 0 Å². The highest BCUT2D eigenvalue weighted by molar-refractivity contribution is 5.71. The van der Waals surface area contributed by atoms with Crippen molar-refractivity contribution in [2.75, 3.05) is 11.9 Å². The number of anilines is 1. The Bertz CT molecular complexity index is 546. The van der Waals surface area contributed by atoms with Crippen molar-refractivity contribution in [3.63, 3.8) is 0 Å². The molecule has 2 N–H and O–H groups in total. The van der Waals surface area contributed by atoms with E-state index in [4.69, 9.17) is 5.11 Å². The lowest BCUT2D eigenvalue weighted by Gasteiger charge is -2.16. The molecule has 0 spiro atoms. The lowest BCUT2D eigenvalue weighted by Crippen LogP contribution is -2.24. The van der Waals surface area contributed by atoms with Gasteiger partial charge in [0.1, 0.15) is 11.5 Å². The first-order valence-electron chi connectivity index (χ1n) is 6.63. The van der Waals surface area contributed by atoms with Crippen molar-refractivity contribution in [1.29, 1.82) is 0 Å². The average Bonchev–Trinajstić information content (AvgIpc) is 2.36. The standard InChI is InChI=1S/C14H19FN2O4/c1-8(2)4-10(14(18)19)7-16-12-5-9(3)11(15)6-13(12)17(20)21/h5-6,8,10,16H,4,7H2,1-3H3,(H,18,19). The Morgan fingerprint density at radius 2 is 2.10 bits per heavy atom. The molecule has 0 aliphatic heterocycles. The number of halogens is 1. The third-order valence-corrected chi connectivity index (χ3v) is 3.12. The highest BCUT2D eigenvalue weighted by Gasteiger charge is 2.22. The van der Waals surface area contributed by atoms with Crippen LogP contribution in [0.25, 0.3) is 0 Å².